The van der Waals surface area contributed by atoms with Gasteiger partial charge in [0.2, 0.25) is 23.6 Å². The molecule has 5 amide bonds. The van der Waals surface area contributed by atoms with Crippen LogP contribution >= 0.6 is 0 Å². The van der Waals surface area contributed by atoms with E-state index in [1.165, 1.54) is 5.06 Å². The molecule has 2 fully saturated rings. The quantitative estimate of drug-likeness (QED) is 0.166. The highest BCUT2D eigenvalue weighted by molar-refractivity contribution is 5.91. The molecular formula is C44H74N6O8. The zero-order chi connectivity index (χ0) is 43.3. The summed E-state index contributed by atoms with van der Waals surface area (Å²) in [4.78, 5) is 79.0. The molecule has 1 aromatic rings. The Hall–Kier alpha value is -3.59. The van der Waals surface area contributed by atoms with Gasteiger partial charge in [-0.15, -0.1) is 0 Å². The second-order valence-corrected chi connectivity index (χ2v) is 17.0. The second kappa shape index (κ2) is 23.3. The number of methoxy groups -OCH3 is 2. The van der Waals surface area contributed by atoms with Gasteiger partial charge in [0.1, 0.15) is 12.1 Å². The van der Waals surface area contributed by atoms with Crippen LogP contribution in [0, 0.1) is 23.7 Å². The lowest BCUT2D eigenvalue weighted by Gasteiger charge is -2.41. The average molecular weight is 815 g/mol. The van der Waals surface area contributed by atoms with E-state index in [2.05, 4.69) is 16.0 Å². The highest BCUT2D eigenvalue weighted by atomic mass is 16.7. The maximum Gasteiger partial charge on any atom is 0.269 e. The van der Waals surface area contributed by atoms with Gasteiger partial charge < -0.3 is 35.2 Å². The molecule has 2 saturated heterocycles. The molecule has 3 rings (SSSR count). The van der Waals surface area contributed by atoms with E-state index in [-0.39, 0.29) is 59.6 Å². The van der Waals surface area contributed by atoms with Crippen LogP contribution < -0.4 is 16.0 Å². The molecule has 3 N–H and O–H groups in total. The summed E-state index contributed by atoms with van der Waals surface area (Å²) in [5, 5.41) is 10.5. The van der Waals surface area contributed by atoms with Gasteiger partial charge in [-0.25, -0.2) is 5.06 Å². The maximum atomic E-state index is 14.4. The van der Waals surface area contributed by atoms with E-state index in [9.17, 15) is 24.0 Å². The number of benzene rings is 1. The highest BCUT2D eigenvalue weighted by Gasteiger charge is 2.44. The number of likely N-dealkylation sites (N-methyl/N-ethyl adjacent to an activating group) is 2. The lowest BCUT2D eigenvalue weighted by Crippen LogP contribution is -2.59. The van der Waals surface area contributed by atoms with Crippen LogP contribution in [0.2, 0.25) is 0 Å². The Bertz CT molecular complexity index is 1470. The van der Waals surface area contributed by atoms with E-state index < -0.39 is 48.3 Å². The molecule has 14 nitrogen and oxygen atoms in total. The first kappa shape index (κ1) is 48.8. The van der Waals surface area contributed by atoms with Crippen molar-refractivity contribution in [1.82, 2.24) is 30.8 Å². The van der Waals surface area contributed by atoms with E-state index in [0.29, 0.717) is 26.1 Å². The molecule has 2 aliphatic rings. The molecule has 1 aromatic carbocycles. The molecule has 2 aliphatic heterocycles. The molecule has 10 unspecified atom stereocenters. The largest absolute Gasteiger partial charge is 0.379 e. The van der Waals surface area contributed by atoms with Crippen LogP contribution in [0.25, 0.3) is 0 Å². The number of hydrogen-bond donors (Lipinski definition) is 3. The number of ether oxygens (including phenoxy) is 2. The summed E-state index contributed by atoms with van der Waals surface area (Å²) in [6.07, 6.45) is 2.48. The van der Waals surface area contributed by atoms with Crippen LogP contribution in [-0.2, 0) is 38.3 Å². The molecule has 0 saturated carbocycles. The number of hydroxylamine groups is 2. The minimum Gasteiger partial charge on any atom is -0.379 e. The van der Waals surface area contributed by atoms with Crippen LogP contribution in [0.4, 0.5) is 0 Å². The second-order valence-electron chi connectivity index (χ2n) is 17.0. The Morgan fingerprint density at radius 1 is 0.845 bits per heavy atom. The van der Waals surface area contributed by atoms with Gasteiger partial charge in [-0.05, 0) is 56.0 Å². The number of carbonyl (C=O) groups is 5. The van der Waals surface area contributed by atoms with Crippen molar-refractivity contribution in [3.63, 3.8) is 0 Å². The summed E-state index contributed by atoms with van der Waals surface area (Å²) in [5.74, 6) is -2.54. The van der Waals surface area contributed by atoms with Crippen LogP contribution in [0.5, 0.6) is 0 Å². The van der Waals surface area contributed by atoms with Gasteiger partial charge in [0, 0.05) is 40.3 Å². The first-order valence-corrected chi connectivity index (χ1v) is 21.4. The molecule has 328 valence electrons. The summed E-state index contributed by atoms with van der Waals surface area (Å²) < 4.78 is 12.1. The summed E-state index contributed by atoms with van der Waals surface area (Å²) in [6.45, 7) is 16.9. The third-order valence-corrected chi connectivity index (χ3v) is 12.4. The predicted molar refractivity (Wildman–Crippen MR) is 224 cm³/mol. The van der Waals surface area contributed by atoms with E-state index >= 15 is 0 Å². The van der Waals surface area contributed by atoms with E-state index in [0.717, 1.165) is 31.2 Å². The van der Waals surface area contributed by atoms with Gasteiger partial charge in [-0.1, -0.05) is 92.1 Å². The van der Waals surface area contributed by atoms with Crippen molar-refractivity contribution >= 4 is 29.5 Å². The lowest BCUT2D eigenvalue weighted by molar-refractivity contribution is -0.200. The maximum absolute atomic E-state index is 14.4. The molecule has 0 aliphatic carbocycles. The summed E-state index contributed by atoms with van der Waals surface area (Å²) in [7, 11) is 6.56. The number of amides is 5. The van der Waals surface area contributed by atoms with Gasteiger partial charge >= 0.3 is 0 Å². The van der Waals surface area contributed by atoms with Gasteiger partial charge in [-0.3, -0.25) is 28.8 Å². The van der Waals surface area contributed by atoms with Crippen molar-refractivity contribution in [3.8, 4) is 0 Å². The van der Waals surface area contributed by atoms with Crippen LogP contribution in [-0.4, -0.2) is 135 Å². The van der Waals surface area contributed by atoms with E-state index in [4.69, 9.17) is 14.3 Å². The first-order chi connectivity index (χ1) is 27.5. The fourth-order valence-electron chi connectivity index (χ4n) is 8.61. The van der Waals surface area contributed by atoms with Gasteiger partial charge in [0.05, 0.1) is 49.3 Å². The fourth-order valence-corrected chi connectivity index (χ4v) is 8.61. The van der Waals surface area contributed by atoms with Crippen molar-refractivity contribution < 1.29 is 38.3 Å². The van der Waals surface area contributed by atoms with Gasteiger partial charge in [0.15, 0.2) is 0 Å². The molecule has 14 heteroatoms. The minimum absolute atomic E-state index is 0.00548. The Balaban J connectivity index is 1.82. The molecule has 0 radical (unpaired) electrons. The number of nitrogens with zero attached hydrogens (tertiary/aromatic N) is 3. The van der Waals surface area contributed by atoms with E-state index in [1.54, 1.807) is 45.0 Å². The lowest BCUT2D eigenvalue weighted by atomic mass is 9.89. The zero-order valence-electron chi connectivity index (χ0n) is 37.3. The topological polar surface area (TPSA) is 159 Å². The minimum atomic E-state index is -0.877. The van der Waals surface area contributed by atoms with Crippen LogP contribution in [0.1, 0.15) is 105 Å². The number of hydrogen-bond acceptors (Lipinski definition) is 9. The average Bonchev–Trinajstić information content (AvgIpc) is 3.71. The van der Waals surface area contributed by atoms with Crippen molar-refractivity contribution in [1.29, 1.82) is 0 Å². The molecule has 2 heterocycles. The molecule has 0 bridgehead atoms. The Kier molecular flexibility index (Phi) is 19.6. The smallest absolute Gasteiger partial charge is 0.269 e. The zero-order valence-corrected chi connectivity index (χ0v) is 37.3. The number of nitrogens with one attached hydrogen (secondary N) is 3. The van der Waals surface area contributed by atoms with Crippen molar-refractivity contribution in [2.75, 3.05) is 48.0 Å². The number of rotatable bonds is 21. The third-order valence-electron chi connectivity index (χ3n) is 12.4. The Morgan fingerprint density at radius 3 is 2.02 bits per heavy atom. The van der Waals surface area contributed by atoms with Crippen molar-refractivity contribution in [3.05, 3.63) is 35.9 Å². The summed E-state index contributed by atoms with van der Waals surface area (Å²) in [6, 6.07) is 6.64. The summed E-state index contributed by atoms with van der Waals surface area (Å²) >= 11 is 0. The monoisotopic (exact) mass is 815 g/mol. The molecule has 0 aromatic heterocycles. The molecule has 0 spiro atoms. The summed E-state index contributed by atoms with van der Waals surface area (Å²) in [5.41, 5.74) is 0.912. The van der Waals surface area contributed by atoms with Crippen LogP contribution in [0.3, 0.4) is 0 Å². The third kappa shape index (κ3) is 12.2. The predicted octanol–water partition coefficient (Wildman–Crippen LogP) is 4.13. The van der Waals surface area contributed by atoms with Crippen molar-refractivity contribution in [2.24, 2.45) is 23.7 Å². The molecular weight excluding hydrogens is 741 g/mol. The molecule has 10 atom stereocenters. The SMILES string of the molecule is CCC(C)C(C(CC(=O)N1CCCC1C(OC)C(C)C(=O)NC(C(=O)N1CCCCO1)C(C)c1ccccc1)OC)N(C)C(=O)C(NC(=O)C(NC)C(C)C)C(C)C. The van der Waals surface area contributed by atoms with Crippen LogP contribution in [0.15, 0.2) is 30.3 Å². The first-order valence-electron chi connectivity index (χ1n) is 21.4. The molecule has 58 heavy (non-hydrogen) atoms. The van der Waals surface area contributed by atoms with Gasteiger partial charge in [-0.2, -0.15) is 0 Å². The van der Waals surface area contributed by atoms with Crippen molar-refractivity contribution in [2.45, 2.75) is 142 Å². The Morgan fingerprint density at radius 2 is 1.48 bits per heavy atom. The highest BCUT2D eigenvalue weighted by Crippen LogP contribution is 2.30. The van der Waals surface area contributed by atoms with Gasteiger partial charge in [0.25, 0.3) is 5.91 Å². The number of carbonyl (C=O) groups excluding carboxylic acids is 5. The fraction of sp³-hybridized carbons (Fsp3) is 0.750. The number of likely N-dealkylation sites (tertiary alicyclic amines) is 1. The normalized spacial score (nSPS) is 20.7. The van der Waals surface area contributed by atoms with E-state index in [1.807, 2.05) is 78.8 Å². The standard InChI is InChI=1S/C44H74N6O8/c1-13-29(6)39(48(10)43(54)37(28(4)5)46-42(53)36(45-9)27(2)3)34(56-11)26-35(51)49-23-19-22-33(49)40(57-12)31(8)41(52)47-38(30(7)32-20-15-14-16-21-32)44(55)50-24-17-18-25-58-50/h14-16,20-21,27-31,33-34,36-40,45H,13,17-19,22-26H2,1-12H3,(H,46,53)(H,47,52). The Labute approximate surface area is 347 Å².